The second-order valence-electron chi connectivity index (χ2n) is 7.35. The monoisotopic (exact) mass is 431 g/mol. The third-order valence-electron chi connectivity index (χ3n) is 5.38. The number of non-ortho nitro benzene ring substituents is 1. The molecular weight excluding hydrogens is 410 g/mol. The van der Waals surface area contributed by atoms with Crippen molar-refractivity contribution >= 4 is 27.2 Å². The molecule has 2 saturated heterocycles. The highest BCUT2D eigenvalue weighted by molar-refractivity contribution is 7.91. The van der Waals surface area contributed by atoms with Crippen LogP contribution >= 0.6 is 0 Å². The van der Waals surface area contributed by atoms with E-state index >= 15 is 0 Å². The zero-order valence-electron chi connectivity index (χ0n) is 16.3. The molecule has 0 saturated carbocycles. The van der Waals surface area contributed by atoms with E-state index < -0.39 is 26.8 Å². The van der Waals surface area contributed by atoms with E-state index in [1.165, 1.54) is 21.9 Å². The van der Waals surface area contributed by atoms with Crippen LogP contribution in [-0.2, 0) is 16.4 Å². The lowest BCUT2D eigenvalue weighted by molar-refractivity contribution is -0.384. The van der Waals surface area contributed by atoms with Crippen LogP contribution in [0.15, 0.2) is 48.5 Å². The van der Waals surface area contributed by atoms with Crippen LogP contribution in [0.4, 0.5) is 16.2 Å². The van der Waals surface area contributed by atoms with Gasteiger partial charge in [0, 0.05) is 24.4 Å². The molecule has 2 atom stereocenters. The maximum atomic E-state index is 13.3. The van der Waals surface area contributed by atoms with Gasteiger partial charge < -0.3 is 9.64 Å². The number of carbonyl (C=O) groups is 1. The van der Waals surface area contributed by atoms with Crippen molar-refractivity contribution in [2.75, 3.05) is 23.0 Å². The molecule has 30 heavy (non-hydrogen) atoms. The molecule has 158 valence electrons. The van der Waals surface area contributed by atoms with E-state index in [4.69, 9.17) is 4.74 Å². The van der Waals surface area contributed by atoms with E-state index in [9.17, 15) is 23.3 Å². The van der Waals surface area contributed by atoms with Crippen LogP contribution in [0, 0.1) is 10.1 Å². The number of nitrogens with zero attached hydrogens (tertiary/aromatic N) is 3. The molecule has 10 heteroatoms. The Labute approximate surface area is 173 Å². The zero-order chi connectivity index (χ0) is 21.5. The fourth-order valence-corrected chi connectivity index (χ4v) is 6.05. The van der Waals surface area contributed by atoms with Crippen molar-refractivity contribution in [2.24, 2.45) is 0 Å². The number of anilines is 1. The Morgan fingerprint density at radius 2 is 1.83 bits per heavy atom. The highest BCUT2D eigenvalue weighted by Crippen LogP contribution is 2.36. The van der Waals surface area contributed by atoms with Crippen molar-refractivity contribution < 1.29 is 22.9 Å². The standard InChI is InChI=1S/C20H21N3O6S/c1-2-29-17-8-6-15(7-9-17)22-19-13-30(27,28)12-18(19)21(20(22)24)11-14-4-3-5-16(10-14)23(25)26/h3-10,18-19H,2,11-13H2,1H3/t18-,19+/m1/s1. The fourth-order valence-electron chi connectivity index (χ4n) is 4.10. The summed E-state index contributed by atoms with van der Waals surface area (Å²) < 4.78 is 30.1. The van der Waals surface area contributed by atoms with Crippen LogP contribution in [0.5, 0.6) is 5.75 Å². The minimum atomic E-state index is -3.30. The Balaban J connectivity index is 1.65. The smallest absolute Gasteiger partial charge is 0.325 e. The molecule has 4 rings (SSSR count). The van der Waals surface area contributed by atoms with Crippen LogP contribution in [0.3, 0.4) is 0 Å². The molecule has 2 aliphatic rings. The number of nitro benzene ring substituents is 1. The van der Waals surface area contributed by atoms with Gasteiger partial charge in [0.1, 0.15) is 5.75 Å². The van der Waals surface area contributed by atoms with Crippen LogP contribution in [0.25, 0.3) is 0 Å². The number of carbonyl (C=O) groups excluding carboxylic acids is 1. The van der Waals surface area contributed by atoms with E-state index in [1.54, 1.807) is 36.4 Å². The van der Waals surface area contributed by atoms with E-state index in [0.717, 1.165) is 0 Å². The first-order chi connectivity index (χ1) is 14.3. The second kappa shape index (κ2) is 7.60. The summed E-state index contributed by atoms with van der Waals surface area (Å²) in [6.45, 7) is 2.49. The summed E-state index contributed by atoms with van der Waals surface area (Å²) in [5.74, 6) is 0.436. The summed E-state index contributed by atoms with van der Waals surface area (Å²) in [6, 6.07) is 11.7. The van der Waals surface area contributed by atoms with Gasteiger partial charge in [0.25, 0.3) is 5.69 Å². The van der Waals surface area contributed by atoms with Gasteiger partial charge in [-0.15, -0.1) is 0 Å². The molecule has 0 spiro atoms. The molecular formula is C20H21N3O6S. The van der Waals surface area contributed by atoms with Crippen molar-refractivity contribution in [3.8, 4) is 5.75 Å². The van der Waals surface area contributed by atoms with Gasteiger partial charge in [0.15, 0.2) is 9.84 Å². The molecule has 2 aromatic carbocycles. The summed E-state index contributed by atoms with van der Waals surface area (Å²) in [6.07, 6.45) is 0. The van der Waals surface area contributed by atoms with Crippen LogP contribution in [0.1, 0.15) is 12.5 Å². The molecule has 0 N–H and O–H groups in total. The number of urea groups is 1. The molecule has 0 aromatic heterocycles. The number of hydrogen-bond acceptors (Lipinski definition) is 6. The van der Waals surface area contributed by atoms with Gasteiger partial charge in [-0.3, -0.25) is 15.0 Å². The molecule has 2 fully saturated rings. The molecule has 2 aromatic rings. The number of amides is 2. The molecule has 0 bridgehead atoms. The molecule has 0 radical (unpaired) electrons. The minimum absolute atomic E-state index is 0.0712. The van der Waals surface area contributed by atoms with Gasteiger partial charge in [-0.1, -0.05) is 12.1 Å². The van der Waals surface area contributed by atoms with E-state index in [-0.39, 0.29) is 29.8 Å². The number of sulfone groups is 1. The van der Waals surface area contributed by atoms with Gasteiger partial charge in [-0.25, -0.2) is 13.2 Å². The van der Waals surface area contributed by atoms with Gasteiger partial charge in [-0.2, -0.15) is 0 Å². The molecule has 2 aliphatic heterocycles. The molecule has 9 nitrogen and oxygen atoms in total. The Bertz CT molecular complexity index is 1090. The Morgan fingerprint density at radius 3 is 2.50 bits per heavy atom. The maximum absolute atomic E-state index is 13.3. The Morgan fingerprint density at radius 1 is 1.13 bits per heavy atom. The van der Waals surface area contributed by atoms with Gasteiger partial charge in [-0.05, 0) is 36.8 Å². The predicted octanol–water partition coefficient (Wildman–Crippen LogP) is 2.60. The lowest BCUT2D eigenvalue weighted by Gasteiger charge is -2.23. The highest BCUT2D eigenvalue weighted by atomic mass is 32.2. The molecule has 0 aliphatic carbocycles. The average Bonchev–Trinajstić information content (AvgIpc) is 3.13. The number of benzene rings is 2. The number of rotatable bonds is 6. The molecule has 2 heterocycles. The van der Waals surface area contributed by atoms with E-state index in [0.29, 0.717) is 23.6 Å². The van der Waals surface area contributed by atoms with Gasteiger partial charge >= 0.3 is 6.03 Å². The first kappa shape index (κ1) is 20.1. The quantitative estimate of drug-likeness (QED) is 0.395. The minimum Gasteiger partial charge on any atom is -0.494 e. The number of ether oxygens (including phenoxy) is 1. The lowest BCUT2D eigenvalue weighted by atomic mass is 10.1. The van der Waals surface area contributed by atoms with Crippen molar-refractivity contribution in [1.82, 2.24) is 4.90 Å². The number of nitro groups is 1. The Kier molecular flexibility index (Phi) is 5.10. The first-order valence-corrected chi connectivity index (χ1v) is 11.4. The summed E-state index contributed by atoms with van der Waals surface area (Å²) in [5.41, 5.74) is 1.10. The maximum Gasteiger partial charge on any atom is 0.325 e. The van der Waals surface area contributed by atoms with Crippen molar-refractivity contribution in [2.45, 2.75) is 25.6 Å². The van der Waals surface area contributed by atoms with Crippen molar-refractivity contribution in [1.29, 1.82) is 0 Å². The average molecular weight is 431 g/mol. The molecule has 2 amide bonds. The van der Waals surface area contributed by atoms with Gasteiger partial charge in [0.2, 0.25) is 0 Å². The van der Waals surface area contributed by atoms with Crippen LogP contribution in [-0.4, -0.2) is 54.5 Å². The highest BCUT2D eigenvalue weighted by Gasteiger charge is 2.53. The van der Waals surface area contributed by atoms with Crippen molar-refractivity contribution in [3.05, 3.63) is 64.2 Å². The third-order valence-corrected chi connectivity index (χ3v) is 7.08. The normalized spacial score (nSPS) is 22.2. The Hall–Kier alpha value is -3.14. The first-order valence-electron chi connectivity index (χ1n) is 9.55. The SMILES string of the molecule is CCOc1ccc(N2C(=O)N(Cc3cccc([N+](=O)[O-])c3)[C@@H]3CS(=O)(=O)C[C@@H]32)cc1. The molecule has 0 unspecified atom stereocenters. The third kappa shape index (κ3) is 3.70. The predicted molar refractivity (Wildman–Crippen MR) is 110 cm³/mol. The van der Waals surface area contributed by atoms with Crippen LogP contribution < -0.4 is 9.64 Å². The van der Waals surface area contributed by atoms with E-state index in [2.05, 4.69) is 0 Å². The number of hydrogen-bond donors (Lipinski definition) is 0. The number of fused-ring (bicyclic) bond motifs is 1. The largest absolute Gasteiger partial charge is 0.494 e. The summed E-state index contributed by atoms with van der Waals surface area (Å²) >= 11 is 0. The van der Waals surface area contributed by atoms with Crippen molar-refractivity contribution in [3.63, 3.8) is 0 Å². The van der Waals surface area contributed by atoms with Gasteiger partial charge in [0.05, 0.1) is 35.1 Å². The summed E-state index contributed by atoms with van der Waals surface area (Å²) in [4.78, 5) is 26.8. The zero-order valence-corrected chi connectivity index (χ0v) is 17.1. The fraction of sp³-hybridized carbons (Fsp3) is 0.350. The summed E-state index contributed by atoms with van der Waals surface area (Å²) in [5, 5.41) is 11.1. The van der Waals surface area contributed by atoms with E-state index in [1.807, 2.05) is 6.92 Å². The lowest BCUT2D eigenvalue weighted by Crippen LogP contribution is -2.37. The van der Waals surface area contributed by atoms with Crippen LogP contribution in [0.2, 0.25) is 0 Å². The second-order valence-corrected chi connectivity index (χ2v) is 9.50. The summed E-state index contributed by atoms with van der Waals surface area (Å²) in [7, 11) is -3.30. The topological polar surface area (TPSA) is 110 Å².